The number of nitrogens with zero attached hydrogens (tertiary/aromatic N) is 6. The summed E-state index contributed by atoms with van der Waals surface area (Å²) in [5.74, 6) is 0.359. The number of pyridine rings is 1. The number of carbonyl (C=O) groups is 1. The lowest BCUT2D eigenvalue weighted by Crippen LogP contribution is -2.44. The fourth-order valence-electron chi connectivity index (χ4n) is 5.90. The molecule has 0 spiro atoms. The van der Waals surface area contributed by atoms with Crippen molar-refractivity contribution < 1.29 is 23.8 Å². The first-order valence-corrected chi connectivity index (χ1v) is 18.7. The van der Waals surface area contributed by atoms with Gasteiger partial charge in [-0.25, -0.2) is 9.78 Å². The highest BCUT2D eigenvalue weighted by molar-refractivity contribution is 6.74. The third-order valence-corrected chi connectivity index (χ3v) is 14.2. The molecule has 2 aliphatic rings. The minimum absolute atomic E-state index is 0.0721. The van der Waals surface area contributed by atoms with Crippen LogP contribution in [0.3, 0.4) is 0 Å². The van der Waals surface area contributed by atoms with Crippen LogP contribution < -0.4 is 4.90 Å². The largest absolute Gasteiger partial charge is 0.465 e. The second-order valence-electron chi connectivity index (χ2n) is 13.8. The highest BCUT2D eigenvalue weighted by Crippen LogP contribution is 2.41. The van der Waals surface area contributed by atoms with Gasteiger partial charge in [-0.3, -0.25) is 14.3 Å². The Labute approximate surface area is 265 Å². The monoisotopic (exact) mass is 632 g/mol. The molecule has 0 bridgehead atoms. The lowest BCUT2D eigenvalue weighted by atomic mass is 9.93. The number of rotatable bonds is 7. The van der Waals surface area contributed by atoms with Crippen molar-refractivity contribution in [2.75, 3.05) is 25.2 Å². The zero-order chi connectivity index (χ0) is 31.9. The summed E-state index contributed by atoms with van der Waals surface area (Å²) in [5, 5.41) is 20.4. The van der Waals surface area contributed by atoms with Crippen molar-refractivity contribution in [3.63, 3.8) is 0 Å². The summed E-state index contributed by atoms with van der Waals surface area (Å²) in [6, 6.07) is 11.8. The van der Waals surface area contributed by atoms with Crippen LogP contribution in [-0.4, -0.2) is 70.4 Å². The maximum atomic E-state index is 11.7. The summed E-state index contributed by atoms with van der Waals surface area (Å²) >= 11 is 0. The van der Waals surface area contributed by atoms with Gasteiger partial charge in [-0.1, -0.05) is 51.1 Å². The Kier molecular flexibility index (Phi) is 8.59. The molecule has 11 nitrogen and oxygen atoms in total. The van der Waals surface area contributed by atoms with Crippen LogP contribution in [-0.2, 0) is 13.9 Å². The van der Waals surface area contributed by atoms with E-state index in [1.807, 2.05) is 53.5 Å². The summed E-state index contributed by atoms with van der Waals surface area (Å²) in [4.78, 5) is 17.4. The van der Waals surface area contributed by atoms with Crippen LogP contribution in [0.25, 0.3) is 22.2 Å². The SMILES string of the molecule is CN(C(=O)O)c1cc2c(cn1)c(-c1cnn(C3COC(c4ccccc4)OC3)c1)nn2C1CCC(O[Si](C)(C)C(C)(C)C)CC1. The van der Waals surface area contributed by atoms with Gasteiger partial charge in [0.1, 0.15) is 11.5 Å². The Morgan fingerprint density at radius 2 is 1.73 bits per heavy atom. The molecular weight excluding hydrogens is 588 g/mol. The molecule has 1 N–H and O–H groups in total. The molecule has 0 unspecified atom stereocenters. The zero-order valence-electron chi connectivity index (χ0n) is 27.0. The van der Waals surface area contributed by atoms with Crippen molar-refractivity contribution in [3.05, 3.63) is 60.6 Å². The lowest BCUT2D eigenvalue weighted by molar-refractivity contribution is -0.202. The van der Waals surface area contributed by atoms with Crippen LogP contribution in [0.5, 0.6) is 0 Å². The van der Waals surface area contributed by atoms with Crippen molar-refractivity contribution in [3.8, 4) is 11.3 Å². The molecule has 3 aromatic heterocycles. The number of ether oxygens (including phenoxy) is 2. The van der Waals surface area contributed by atoms with E-state index in [9.17, 15) is 9.90 Å². The molecule has 1 saturated heterocycles. The molecule has 1 saturated carbocycles. The molecule has 0 atom stereocenters. The number of aromatic nitrogens is 5. The highest BCUT2D eigenvalue weighted by atomic mass is 28.4. The fraction of sp³-hybridized carbons (Fsp3) is 0.515. The molecule has 2 fully saturated rings. The smallest absolute Gasteiger partial charge is 0.412 e. The van der Waals surface area contributed by atoms with E-state index in [0.717, 1.165) is 58.3 Å². The summed E-state index contributed by atoms with van der Waals surface area (Å²) in [5.41, 5.74) is 3.49. The van der Waals surface area contributed by atoms with Crippen LogP contribution in [0, 0.1) is 0 Å². The summed E-state index contributed by atoms with van der Waals surface area (Å²) in [6.45, 7) is 12.4. The number of fused-ring (bicyclic) bond motifs is 1. The fourth-order valence-corrected chi connectivity index (χ4v) is 7.33. The topological polar surface area (TPSA) is 117 Å². The molecule has 45 heavy (non-hydrogen) atoms. The molecule has 4 heterocycles. The van der Waals surface area contributed by atoms with Crippen LogP contribution in [0.15, 0.2) is 55.0 Å². The van der Waals surface area contributed by atoms with E-state index in [4.69, 9.17) is 19.0 Å². The molecule has 1 aliphatic heterocycles. The van der Waals surface area contributed by atoms with Crippen LogP contribution in [0.1, 0.15) is 70.4 Å². The van der Waals surface area contributed by atoms with Gasteiger partial charge in [-0.15, -0.1) is 0 Å². The molecule has 1 amide bonds. The van der Waals surface area contributed by atoms with Gasteiger partial charge in [0, 0.05) is 48.1 Å². The zero-order valence-corrected chi connectivity index (χ0v) is 28.0. The van der Waals surface area contributed by atoms with Gasteiger partial charge >= 0.3 is 6.09 Å². The highest BCUT2D eigenvalue weighted by Gasteiger charge is 2.40. The Balaban J connectivity index is 1.24. The van der Waals surface area contributed by atoms with Gasteiger partial charge in [0.25, 0.3) is 0 Å². The van der Waals surface area contributed by atoms with Gasteiger partial charge in [0.05, 0.1) is 37.0 Å². The van der Waals surface area contributed by atoms with E-state index >= 15 is 0 Å². The molecule has 4 aromatic rings. The Morgan fingerprint density at radius 1 is 1.04 bits per heavy atom. The van der Waals surface area contributed by atoms with Gasteiger partial charge in [-0.2, -0.15) is 10.2 Å². The summed E-state index contributed by atoms with van der Waals surface area (Å²) in [7, 11) is -0.358. The first kappa shape index (κ1) is 31.4. The number of hydrogen-bond acceptors (Lipinski definition) is 7. The van der Waals surface area contributed by atoms with Crippen LogP contribution in [0.4, 0.5) is 10.6 Å². The van der Waals surface area contributed by atoms with Crippen LogP contribution >= 0.6 is 0 Å². The average Bonchev–Trinajstić information content (AvgIpc) is 3.66. The minimum atomic E-state index is -1.86. The number of amides is 1. The number of benzene rings is 1. The molecule has 12 heteroatoms. The van der Waals surface area contributed by atoms with Crippen molar-refractivity contribution >= 4 is 31.1 Å². The summed E-state index contributed by atoms with van der Waals surface area (Å²) < 4.78 is 22.8. The molecule has 0 radical (unpaired) electrons. The third-order valence-electron chi connectivity index (χ3n) is 9.67. The first-order chi connectivity index (χ1) is 21.4. The van der Waals surface area contributed by atoms with Gasteiger partial charge in [-0.05, 0) is 43.8 Å². The van der Waals surface area contributed by atoms with E-state index in [-0.39, 0.29) is 29.5 Å². The Morgan fingerprint density at radius 3 is 2.38 bits per heavy atom. The van der Waals surface area contributed by atoms with E-state index in [2.05, 4.69) is 48.6 Å². The molecule has 6 rings (SSSR count). The van der Waals surface area contributed by atoms with E-state index in [0.29, 0.717) is 19.0 Å². The number of anilines is 1. The van der Waals surface area contributed by atoms with Crippen molar-refractivity contribution in [1.29, 1.82) is 0 Å². The molecular formula is C33H44N6O5Si. The molecule has 240 valence electrons. The van der Waals surface area contributed by atoms with Gasteiger partial charge < -0.3 is 19.0 Å². The van der Waals surface area contributed by atoms with Crippen molar-refractivity contribution in [2.45, 2.75) is 89.1 Å². The number of carboxylic acid groups (broad SMARTS) is 1. The first-order valence-electron chi connectivity index (χ1n) is 15.8. The van der Waals surface area contributed by atoms with E-state index in [1.165, 1.54) is 7.05 Å². The standard InChI is InChI=1S/C33H44N6O5Si/c1-33(2,3)45(5,6)44-26-14-12-24(13-15-26)39-28-16-29(37(4)32(40)41)34-18-27(28)30(36-39)23-17-35-38(19-23)25-20-42-31(43-21-25)22-10-8-7-9-11-22/h7-11,16-19,24-26,31H,12-15,20-21H2,1-6H3,(H,40,41). The normalized spacial score (nSPS) is 22.9. The van der Waals surface area contributed by atoms with E-state index in [1.54, 1.807) is 6.20 Å². The van der Waals surface area contributed by atoms with Gasteiger partial charge in [0.2, 0.25) is 0 Å². The van der Waals surface area contributed by atoms with Gasteiger partial charge in [0.15, 0.2) is 14.6 Å². The minimum Gasteiger partial charge on any atom is -0.465 e. The van der Waals surface area contributed by atoms with E-state index < -0.39 is 14.4 Å². The van der Waals surface area contributed by atoms with Crippen LogP contribution in [0.2, 0.25) is 18.1 Å². The van der Waals surface area contributed by atoms with Crippen molar-refractivity contribution in [1.82, 2.24) is 24.5 Å². The number of hydrogen-bond donors (Lipinski definition) is 1. The summed E-state index contributed by atoms with van der Waals surface area (Å²) in [6.07, 6.45) is 8.11. The molecule has 1 aliphatic carbocycles. The molecule has 1 aromatic carbocycles. The quantitative estimate of drug-likeness (QED) is 0.213. The Bertz CT molecular complexity index is 1630. The third kappa shape index (κ3) is 6.42. The average molecular weight is 633 g/mol. The predicted molar refractivity (Wildman–Crippen MR) is 175 cm³/mol. The maximum Gasteiger partial charge on any atom is 0.412 e. The lowest BCUT2D eigenvalue weighted by Gasteiger charge is -2.41. The second-order valence-corrected chi connectivity index (χ2v) is 18.5. The maximum absolute atomic E-state index is 11.7. The predicted octanol–water partition coefficient (Wildman–Crippen LogP) is 7.20. The second kappa shape index (κ2) is 12.3. The Hall–Kier alpha value is -3.58. The van der Waals surface area contributed by atoms with Crippen molar-refractivity contribution in [2.24, 2.45) is 0 Å².